The van der Waals surface area contributed by atoms with Gasteiger partial charge >= 0.3 is 0 Å². The molecule has 1 aliphatic heterocycles. The maximum Gasteiger partial charge on any atom is 0.0980 e. The molecule has 0 amide bonds. The van der Waals surface area contributed by atoms with E-state index in [4.69, 9.17) is 4.74 Å². The largest absolute Gasteiger partial charge is 0.372 e. The molecule has 0 aliphatic carbocycles. The molecule has 0 bridgehead atoms. The lowest BCUT2D eigenvalue weighted by Gasteiger charge is -2.34. The summed E-state index contributed by atoms with van der Waals surface area (Å²) in [6, 6.07) is 9.16. The van der Waals surface area contributed by atoms with Crippen LogP contribution in [0, 0.1) is 5.92 Å². The second kappa shape index (κ2) is 7.06. The van der Waals surface area contributed by atoms with Gasteiger partial charge in [0, 0.05) is 6.04 Å². The Bertz CT molecular complexity index is 387. The molecule has 2 unspecified atom stereocenters. The molecule has 1 aliphatic rings. The van der Waals surface area contributed by atoms with E-state index in [1.807, 2.05) is 0 Å². The molecule has 2 rings (SSSR count). The van der Waals surface area contributed by atoms with E-state index >= 15 is 0 Å². The Labute approximate surface area is 117 Å². The molecule has 2 atom stereocenters. The van der Waals surface area contributed by atoms with Gasteiger partial charge in [-0.05, 0) is 36.9 Å². The van der Waals surface area contributed by atoms with Crippen molar-refractivity contribution in [2.45, 2.75) is 51.7 Å². The summed E-state index contributed by atoms with van der Waals surface area (Å²) < 4.78 is 6.08. The Morgan fingerprint density at radius 1 is 1.26 bits per heavy atom. The zero-order valence-corrected chi connectivity index (χ0v) is 12.5. The van der Waals surface area contributed by atoms with E-state index in [1.165, 1.54) is 30.4 Å². The molecule has 0 radical (unpaired) electrons. The van der Waals surface area contributed by atoms with Crippen LogP contribution >= 0.6 is 0 Å². The molecule has 1 aromatic carbocycles. The summed E-state index contributed by atoms with van der Waals surface area (Å²) in [5.41, 5.74) is 2.85. The van der Waals surface area contributed by atoms with E-state index in [9.17, 15) is 0 Å². The first-order valence-corrected chi connectivity index (χ1v) is 7.66. The fraction of sp³-hybridized carbons (Fsp3) is 0.647. The molecular formula is C17H27NO. The first-order valence-electron chi connectivity index (χ1n) is 7.66. The van der Waals surface area contributed by atoms with Gasteiger partial charge in [0.2, 0.25) is 0 Å². The average Bonchev–Trinajstić information content (AvgIpc) is 2.48. The van der Waals surface area contributed by atoms with Crippen LogP contribution in [0.4, 0.5) is 0 Å². The Hall–Kier alpha value is -0.860. The SMILES string of the molecule is CCC(CC)CC(NC)C1OCCc2ccccc21. The highest BCUT2D eigenvalue weighted by molar-refractivity contribution is 5.31. The molecule has 1 N–H and O–H groups in total. The number of ether oxygens (including phenoxy) is 1. The van der Waals surface area contributed by atoms with Crippen LogP contribution in [0.1, 0.15) is 50.3 Å². The molecule has 0 spiro atoms. The molecule has 106 valence electrons. The molecule has 0 saturated carbocycles. The highest BCUT2D eigenvalue weighted by atomic mass is 16.5. The van der Waals surface area contributed by atoms with Crippen LogP contribution in [0.15, 0.2) is 24.3 Å². The van der Waals surface area contributed by atoms with Crippen molar-refractivity contribution in [2.24, 2.45) is 5.92 Å². The lowest BCUT2D eigenvalue weighted by molar-refractivity contribution is 0.0108. The highest BCUT2D eigenvalue weighted by Gasteiger charge is 2.28. The Morgan fingerprint density at radius 2 is 2.00 bits per heavy atom. The van der Waals surface area contributed by atoms with Crippen LogP contribution in [0.2, 0.25) is 0 Å². The number of fused-ring (bicyclic) bond motifs is 1. The van der Waals surface area contributed by atoms with Crippen molar-refractivity contribution < 1.29 is 4.74 Å². The number of hydrogen-bond acceptors (Lipinski definition) is 2. The molecule has 0 fully saturated rings. The van der Waals surface area contributed by atoms with Gasteiger partial charge in [-0.2, -0.15) is 0 Å². The number of hydrogen-bond donors (Lipinski definition) is 1. The fourth-order valence-corrected chi connectivity index (χ4v) is 3.13. The zero-order valence-electron chi connectivity index (χ0n) is 12.5. The van der Waals surface area contributed by atoms with Crippen molar-refractivity contribution in [1.29, 1.82) is 0 Å². The van der Waals surface area contributed by atoms with Crippen LogP contribution in [0.5, 0.6) is 0 Å². The van der Waals surface area contributed by atoms with E-state index < -0.39 is 0 Å². The average molecular weight is 261 g/mol. The fourth-order valence-electron chi connectivity index (χ4n) is 3.13. The maximum absolute atomic E-state index is 6.08. The van der Waals surface area contributed by atoms with Crippen molar-refractivity contribution in [3.63, 3.8) is 0 Å². The van der Waals surface area contributed by atoms with E-state index in [0.717, 1.165) is 18.9 Å². The Morgan fingerprint density at radius 3 is 2.68 bits per heavy atom. The number of rotatable bonds is 6. The second-order valence-corrected chi connectivity index (χ2v) is 5.55. The normalized spacial score (nSPS) is 20.3. The van der Waals surface area contributed by atoms with Crippen molar-refractivity contribution in [3.8, 4) is 0 Å². The predicted molar refractivity (Wildman–Crippen MR) is 80.4 cm³/mol. The van der Waals surface area contributed by atoms with Crippen LogP contribution in [-0.2, 0) is 11.2 Å². The van der Waals surface area contributed by atoms with Crippen molar-refractivity contribution in [2.75, 3.05) is 13.7 Å². The van der Waals surface area contributed by atoms with Gasteiger partial charge < -0.3 is 10.1 Å². The van der Waals surface area contributed by atoms with Gasteiger partial charge in [0.15, 0.2) is 0 Å². The zero-order chi connectivity index (χ0) is 13.7. The predicted octanol–water partition coefficient (Wildman–Crippen LogP) is 3.71. The molecule has 2 nitrogen and oxygen atoms in total. The molecule has 1 aromatic rings. The first-order chi connectivity index (χ1) is 9.30. The lowest BCUT2D eigenvalue weighted by atomic mass is 9.87. The maximum atomic E-state index is 6.08. The van der Waals surface area contributed by atoms with Crippen molar-refractivity contribution >= 4 is 0 Å². The van der Waals surface area contributed by atoms with Gasteiger partial charge in [-0.25, -0.2) is 0 Å². The van der Waals surface area contributed by atoms with Gasteiger partial charge in [-0.15, -0.1) is 0 Å². The molecule has 1 heterocycles. The minimum atomic E-state index is 0.218. The van der Waals surface area contributed by atoms with Gasteiger partial charge in [0.1, 0.15) is 0 Å². The van der Waals surface area contributed by atoms with E-state index in [2.05, 4.69) is 50.5 Å². The molecule has 0 saturated heterocycles. The molecule has 19 heavy (non-hydrogen) atoms. The number of likely N-dealkylation sites (N-methyl/N-ethyl adjacent to an activating group) is 1. The third kappa shape index (κ3) is 3.37. The van der Waals surface area contributed by atoms with Gasteiger partial charge in [0.05, 0.1) is 12.7 Å². The molecular weight excluding hydrogens is 234 g/mol. The number of benzene rings is 1. The molecule has 2 heteroatoms. The highest BCUT2D eigenvalue weighted by Crippen LogP contribution is 2.32. The minimum absolute atomic E-state index is 0.218. The summed E-state index contributed by atoms with van der Waals surface area (Å²) in [4.78, 5) is 0. The van der Waals surface area contributed by atoms with Crippen molar-refractivity contribution in [1.82, 2.24) is 5.32 Å². The van der Waals surface area contributed by atoms with Gasteiger partial charge in [-0.1, -0.05) is 51.0 Å². The summed E-state index contributed by atoms with van der Waals surface area (Å²) in [5, 5.41) is 3.49. The van der Waals surface area contributed by atoms with E-state index in [0.29, 0.717) is 6.04 Å². The van der Waals surface area contributed by atoms with Gasteiger partial charge in [-0.3, -0.25) is 0 Å². The molecule has 0 aromatic heterocycles. The topological polar surface area (TPSA) is 21.3 Å². The summed E-state index contributed by atoms with van der Waals surface area (Å²) in [5.74, 6) is 0.787. The van der Waals surface area contributed by atoms with Crippen molar-refractivity contribution in [3.05, 3.63) is 35.4 Å². The summed E-state index contributed by atoms with van der Waals surface area (Å²) in [6.45, 7) is 5.43. The summed E-state index contributed by atoms with van der Waals surface area (Å²) >= 11 is 0. The first kappa shape index (κ1) is 14.5. The Kier molecular flexibility index (Phi) is 5.41. The number of nitrogens with one attached hydrogen (secondary N) is 1. The minimum Gasteiger partial charge on any atom is -0.372 e. The van der Waals surface area contributed by atoms with E-state index in [1.54, 1.807) is 0 Å². The smallest absolute Gasteiger partial charge is 0.0980 e. The van der Waals surface area contributed by atoms with E-state index in [-0.39, 0.29) is 6.10 Å². The monoisotopic (exact) mass is 261 g/mol. The second-order valence-electron chi connectivity index (χ2n) is 5.55. The summed E-state index contributed by atoms with van der Waals surface area (Å²) in [7, 11) is 2.06. The summed E-state index contributed by atoms with van der Waals surface area (Å²) in [6.07, 6.45) is 4.97. The van der Waals surface area contributed by atoms with Crippen LogP contribution in [0.25, 0.3) is 0 Å². The van der Waals surface area contributed by atoms with Crippen LogP contribution < -0.4 is 5.32 Å². The standard InChI is InChI=1S/C17H27NO/c1-4-13(5-2)12-16(18-3)17-15-9-7-6-8-14(15)10-11-19-17/h6-9,13,16-18H,4-5,10-12H2,1-3H3. The third-order valence-corrected chi connectivity index (χ3v) is 4.51. The quantitative estimate of drug-likeness (QED) is 0.843. The Balaban J connectivity index is 2.15. The van der Waals surface area contributed by atoms with Crippen LogP contribution in [-0.4, -0.2) is 19.7 Å². The van der Waals surface area contributed by atoms with Gasteiger partial charge in [0.25, 0.3) is 0 Å². The lowest BCUT2D eigenvalue weighted by Crippen LogP contribution is -2.37. The third-order valence-electron chi connectivity index (χ3n) is 4.51. The van der Waals surface area contributed by atoms with Crippen LogP contribution in [0.3, 0.4) is 0 Å².